The number of amides is 1. The van der Waals surface area contributed by atoms with E-state index in [9.17, 15) is 23.4 Å². The van der Waals surface area contributed by atoms with E-state index in [0.717, 1.165) is 0 Å². The number of hydrogen-bond donors (Lipinski definition) is 5. The van der Waals surface area contributed by atoms with Gasteiger partial charge in [0.1, 0.15) is 30.2 Å². The Bertz CT molecular complexity index is 1320. The van der Waals surface area contributed by atoms with Crippen LogP contribution in [0.15, 0.2) is 18.7 Å². The van der Waals surface area contributed by atoms with Gasteiger partial charge in [-0.3, -0.25) is 18.6 Å². The van der Waals surface area contributed by atoms with Gasteiger partial charge in [0.2, 0.25) is 0 Å². The molecule has 6 N–H and O–H groups in total. The molecule has 1 aliphatic rings. The maximum atomic E-state index is 12.3. The summed E-state index contributed by atoms with van der Waals surface area (Å²) in [5.74, 6) is -0.884. The van der Waals surface area contributed by atoms with Crippen molar-refractivity contribution in [1.82, 2.24) is 34.4 Å². The van der Waals surface area contributed by atoms with Gasteiger partial charge >= 0.3 is 10.3 Å². The standard InChI is InChI=1S/C18H24N8O7S/c1-18(2,3)10-4-8(23-24-10)16(29)25-34(30,31)32-5-9-12(27)13(28)17(33-9)26-7-22-11-14(19)20-6-21-15(11)26/h4,6-7,9,12-13,17,27-28H,5H2,1-3H3,(H,23,24)(H,25,29)(H2,19,20,21)/t9-,12-,13-,17-/m1/s1. The molecule has 34 heavy (non-hydrogen) atoms. The second kappa shape index (κ2) is 8.55. The Morgan fingerprint density at radius 2 is 2.03 bits per heavy atom. The van der Waals surface area contributed by atoms with Crippen LogP contribution in [0.2, 0.25) is 0 Å². The van der Waals surface area contributed by atoms with E-state index in [0.29, 0.717) is 5.69 Å². The van der Waals surface area contributed by atoms with E-state index in [1.165, 1.54) is 23.3 Å². The van der Waals surface area contributed by atoms with Crippen LogP contribution in [-0.2, 0) is 24.6 Å². The van der Waals surface area contributed by atoms with Crippen LogP contribution >= 0.6 is 0 Å². The van der Waals surface area contributed by atoms with Crippen LogP contribution in [0, 0.1) is 0 Å². The lowest BCUT2D eigenvalue weighted by Gasteiger charge is -2.16. The van der Waals surface area contributed by atoms with Crippen molar-refractivity contribution < 1.29 is 32.3 Å². The number of aromatic nitrogens is 6. The van der Waals surface area contributed by atoms with Gasteiger partial charge in [0.15, 0.2) is 23.4 Å². The zero-order valence-corrected chi connectivity index (χ0v) is 19.2. The van der Waals surface area contributed by atoms with E-state index in [2.05, 4.69) is 25.1 Å². The number of imidazole rings is 1. The first-order chi connectivity index (χ1) is 15.9. The third-order valence-electron chi connectivity index (χ3n) is 5.22. The lowest BCUT2D eigenvalue weighted by molar-refractivity contribution is -0.0468. The Kier molecular flexibility index (Phi) is 6.03. The summed E-state index contributed by atoms with van der Waals surface area (Å²) in [6.45, 7) is 5.00. The SMILES string of the molecule is CC(C)(C)c1cc(C(=O)NS(=O)(=O)OC[C@H]2O[C@@H](n3cnc4c(N)ncnc43)[C@H](O)[C@@H]2O)n[nH]1. The molecule has 1 amide bonds. The number of hydrogen-bond acceptors (Lipinski definition) is 12. The highest BCUT2D eigenvalue weighted by molar-refractivity contribution is 7.85. The average molecular weight is 497 g/mol. The number of H-pyrrole nitrogens is 1. The first-order valence-electron chi connectivity index (χ1n) is 10.1. The number of aromatic amines is 1. The molecule has 0 unspecified atom stereocenters. The number of carbonyl (C=O) groups is 1. The summed E-state index contributed by atoms with van der Waals surface area (Å²) in [6.07, 6.45) is -2.87. The van der Waals surface area contributed by atoms with Crippen LogP contribution in [-0.4, -0.2) is 79.2 Å². The fourth-order valence-electron chi connectivity index (χ4n) is 3.33. The lowest BCUT2D eigenvalue weighted by Crippen LogP contribution is -2.38. The van der Waals surface area contributed by atoms with Gasteiger partial charge < -0.3 is 20.7 Å². The minimum atomic E-state index is -4.58. The number of nitrogens with zero attached hydrogens (tertiary/aromatic N) is 5. The summed E-state index contributed by atoms with van der Waals surface area (Å²) in [6, 6.07) is 1.43. The van der Waals surface area contributed by atoms with Gasteiger partial charge in [0.25, 0.3) is 5.91 Å². The molecule has 0 spiro atoms. The van der Waals surface area contributed by atoms with Crippen LogP contribution in [0.3, 0.4) is 0 Å². The van der Waals surface area contributed by atoms with Gasteiger partial charge in [-0.15, -0.1) is 0 Å². The normalized spacial score (nSPS) is 23.4. The van der Waals surface area contributed by atoms with Gasteiger partial charge in [-0.25, -0.2) is 19.7 Å². The van der Waals surface area contributed by atoms with Crippen LogP contribution in [0.5, 0.6) is 0 Å². The Hall–Kier alpha value is -3.18. The number of aliphatic hydroxyl groups is 2. The van der Waals surface area contributed by atoms with E-state index in [4.69, 9.17) is 14.7 Å². The molecule has 15 nitrogen and oxygen atoms in total. The molecule has 3 aromatic heterocycles. The van der Waals surface area contributed by atoms with Crippen molar-refractivity contribution in [3.05, 3.63) is 30.1 Å². The van der Waals surface area contributed by atoms with Crippen LogP contribution in [0.1, 0.15) is 43.2 Å². The molecule has 0 aromatic carbocycles. The van der Waals surface area contributed by atoms with Gasteiger partial charge in [0.05, 0.1) is 12.9 Å². The molecule has 4 heterocycles. The minimum Gasteiger partial charge on any atom is -0.387 e. The average Bonchev–Trinajstić information content (AvgIpc) is 3.46. The van der Waals surface area contributed by atoms with Crippen molar-refractivity contribution in [1.29, 1.82) is 0 Å². The summed E-state index contributed by atoms with van der Waals surface area (Å²) in [7, 11) is -4.58. The molecule has 0 bridgehead atoms. The fourth-order valence-corrected chi connectivity index (χ4v) is 4.03. The largest absolute Gasteiger partial charge is 0.387 e. The number of ether oxygens (including phenoxy) is 1. The number of nitrogen functional groups attached to an aromatic ring is 1. The zero-order chi connectivity index (χ0) is 24.8. The van der Waals surface area contributed by atoms with E-state index >= 15 is 0 Å². The second-order valence-corrected chi connectivity index (χ2v) is 10.1. The first-order valence-corrected chi connectivity index (χ1v) is 11.5. The molecular weight excluding hydrogens is 472 g/mol. The van der Waals surface area contributed by atoms with Crippen molar-refractivity contribution in [2.24, 2.45) is 0 Å². The van der Waals surface area contributed by atoms with Gasteiger partial charge in [-0.2, -0.15) is 13.5 Å². The van der Waals surface area contributed by atoms with E-state index in [1.54, 1.807) is 4.72 Å². The number of rotatable bonds is 6. The van der Waals surface area contributed by atoms with Crippen molar-refractivity contribution in [2.45, 2.75) is 50.7 Å². The van der Waals surface area contributed by atoms with Crippen molar-refractivity contribution >= 4 is 33.2 Å². The van der Waals surface area contributed by atoms with Crippen molar-refractivity contribution in [2.75, 3.05) is 12.3 Å². The second-order valence-electron chi connectivity index (χ2n) is 8.72. The Morgan fingerprint density at radius 1 is 1.29 bits per heavy atom. The van der Waals surface area contributed by atoms with Gasteiger partial charge in [-0.1, -0.05) is 20.8 Å². The molecule has 3 aromatic rings. The third kappa shape index (κ3) is 4.58. The molecule has 0 aliphatic carbocycles. The minimum absolute atomic E-state index is 0.116. The third-order valence-corrected chi connectivity index (χ3v) is 6.10. The molecule has 16 heteroatoms. The highest BCUT2D eigenvalue weighted by Crippen LogP contribution is 2.32. The molecule has 184 valence electrons. The van der Waals surface area contributed by atoms with Gasteiger partial charge in [-0.05, 0) is 6.07 Å². The molecule has 1 aliphatic heterocycles. The quantitative estimate of drug-likeness (QED) is 0.270. The summed E-state index contributed by atoms with van der Waals surface area (Å²) in [5.41, 5.74) is 6.44. The number of nitrogens with one attached hydrogen (secondary N) is 2. The fraction of sp³-hybridized carbons (Fsp3) is 0.500. The molecule has 1 saturated heterocycles. The van der Waals surface area contributed by atoms with E-state index in [1.807, 2.05) is 20.8 Å². The van der Waals surface area contributed by atoms with Crippen molar-refractivity contribution in [3.8, 4) is 0 Å². The van der Waals surface area contributed by atoms with Crippen LogP contribution in [0.25, 0.3) is 11.2 Å². The monoisotopic (exact) mass is 496 g/mol. The first kappa shape index (κ1) is 24.0. The Labute approximate surface area is 193 Å². The summed E-state index contributed by atoms with van der Waals surface area (Å²) >= 11 is 0. The summed E-state index contributed by atoms with van der Waals surface area (Å²) < 4.78 is 38.0. The Morgan fingerprint density at radius 3 is 2.71 bits per heavy atom. The smallest absolute Gasteiger partial charge is 0.362 e. The predicted octanol–water partition coefficient (Wildman–Crippen LogP) is -1.26. The number of nitrogens with two attached hydrogens (primary N) is 1. The highest BCUT2D eigenvalue weighted by Gasteiger charge is 2.45. The summed E-state index contributed by atoms with van der Waals surface area (Å²) in [4.78, 5) is 24.2. The molecule has 4 rings (SSSR count). The predicted molar refractivity (Wildman–Crippen MR) is 115 cm³/mol. The lowest BCUT2D eigenvalue weighted by atomic mass is 9.92. The Balaban J connectivity index is 1.41. The number of fused-ring (bicyclic) bond motifs is 1. The maximum absolute atomic E-state index is 12.3. The van der Waals surface area contributed by atoms with Crippen molar-refractivity contribution in [3.63, 3.8) is 0 Å². The maximum Gasteiger partial charge on any atom is 0.362 e. The summed E-state index contributed by atoms with van der Waals surface area (Å²) in [5, 5.41) is 27.3. The van der Waals surface area contributed by atoms with E-state index < -0.39 is 47.4 Å². The van der Waals surface area contributed by atoms with Crippen LogP contribution < -0.4 is 10.5 Å². The number of anilines is 1. The van der Waals surface area contributed by atoms with Crippen LogP contribution in [0.4, 0.5) is 5.82 Å². The number of aliphatic hydroxyl groups excluding tert-OH is 2. The zero-order valence-electron chi connectivity index (χ0n) is 18.4. The molecular formula is C18H24N8O7S. The topological polar surface area (TPSA) is 220 Å². The van der Waals surface area contributed by atoms with E-state index in [-0.39, 0.29) is 28.1 Å². The molecule has 0 saturated carbocycles. The molecule has 1 fully saturated rings. The molecule has 0 radical (unpaired) electrons. The number of carbonyl (C=O) groups excluding carboxylic acids is 1. The molecule has 4 atom stereocenters. The highest BCUT2D eigenvalue weighted by atomic mass is 32.2. The van der Waals surface area contributed by atoms with Gasteiger partial charge in [0, 0.05) is 11.1 Å².